The van der Waals surface area contributed by atoms with Gasteiger partial charge in [-0.25, -0.2) is 4.79 Å². The van der Waals surface area contributed by atoms with Crippen molar-refractivity contribution in [1.29, 1.82) is 0 Å². The Labute approximate surface area is 225 Å². The number of carbonyl (C=O) groups excluding carboxylic acids is 3. The number of esters is 1. The van der Waals surface area contributed by atoms with Crippen LogP contribution in [0.15, 0.2) is 48.5 Å². The molecule has 0 spiro atoms. The number of amides is 2. The van der Waals surface area contributed by atoms with Crippen molar-refractivity contribution < 1.29 is 19.1 Å². The maximum atomic E-state index is 14.2. The fourth-order valence-corrected chi connectivity index (χ4v) is 8.12. The third-order valence-electron chi connectivity index (χ3n) is 9.86. The summed E-state index contributed by atoms with van der Waals surface area (Å²) in [5, 5.41) is 0. The summed E-state index contributed by atoms with van der Waals surface area (Å²) in [6.07, 6.45) is 2.84. The summed E-state index contributed by atoms with van der Waals surface area (Å²) in [7, 11) is 0. The van der Waals surface area contributed by atoms with Crippen molar-refractivity contribution in [2.24, 2.45) is 35.5 Å². The molecule has 5 aliphatic rings. The molecule has 1 saturated carbocycles. The summed E-state index contributed by atoms with van der Waals surface area (Å²) in [6, 6.07) is 15.6. The number of imide groups is 1. The van der Waals surface area contributed by atoms with E-state index in [4.69, 9.17) is 4.74 Å². The van der Waals surface area contributed by atoms with E-state index < -0.39 is 23.8 Å². The average molecular weight is 514 g/mol. The monoisotopic (exact) mass is 513 g/mol. The van der Waals surface area contributed by atoms with Crippen LogP contribution in [0.4, 0.5) is 0 Å². The summed E-state index contributed by atoms with van der Waals surface area (Å²) in [4.78, 5) is 43.6. The highest BCUT2D eigenvalue weighted by atomic mass is 16.5. The van der Waals surface area contributed by atoms with Crippen LogP contribution >= 0.6 is 0 Å². The second-order valence-electron chi connectivity index (χ2n) is 12.8. The molecule has 0 aromatic heterocycles. The van der Waals surface area contributed by atoms with Crippen molar-refractivity contribution >= 4 is 17.8 Å². The van der Waals surface area contributed by atoms with Crippen molar-refractivity contribution in [3.05, 3.63) is 70.8 Å². The van der Waals surface area contributed by atoms with Crippen LogP contribution in [0.1, 0.15) is 88.0 Å². The van der Waals surface area contributed by atoms with Gasteiger partial charge in [0.15, 0.2) is 0 Å². The zero-order valence-corrected chi connectivity index (χ0v) is 23.1. The van der Waals surface area contributed by atoms with Gasteiger partial charge in [0, 0.05) is 11.8 Å². The minimum absolute atomic E-state index is 0.174. The molecule has 1 aliphatic heterocycles. The molecular formula is C33H39NO4. The van der Waals surface area contributed by atoms with Crippen LogP contribution in [0, 0.1) is 35.5 Å². The second kappa shape index (κ2) is 9.36. The number of hydrogen-bond acceptors (Lipinski definition) is 4. The Bertz CT molecular complexity index is 1170. The highest BCUT2D eigenvalue weighted by molar-refractivity contribution is 6.10. The summed E-state index contributed by atoms with van der Waals surface area (Å²) < 4.78 is 6.23. The fraction of sp³-hybridized carbons (Fsp3) is 0.545. The molecule has 2 aromatic rings. The zero-order valence-electron chi connectivity index (χ0n) is 23.1. The van der Waals surface area contributed by atoms with Gasteiger partial charge in [0.2, 0.25) is 11.8 Å². The molecule has 6 atom stereocenters. The summed E-state index contributed by atoms with van der Waals surface area (Å²) in [5.41, 5.74) is 4.56. The van der Waals surface area contributed by atoms with Crippen LogP contribution in [0.25, 0.3) is 0 Å². The van der Waals surface area contributed by atoms with Crippen LogP contribution < -0.4 is 0 Å². The van der Waals surface area contributed by atoms with E-state index in [2.05, 4.69) is 45.0 Å². The number of nitrogens with zero attached hydrogens (tertiary/aromatic N) is 1. The molecule has 2 amide bonds. The maximum absolute atomic E-state index is 14.2. The van der Waals surface area contributed by atoms with Gasteiger partial charge in [0.05, 0.1) is 11.8 Å². The molecule has 5 nitrogen and oxygen atoms in total. The van der Waals surface area contributed by atoms with Crippen molar-refractivity contribution in [2.45, 2.75) is 77.9 Å². The van der Waals surface area contributed by atoms with Crippen LogP contribution in [0.3, 0.4) is 0 Å². The van der Waals surface area contributed by atoms with E-state index in [1.807, 2.05) is 38.1 Å². The molecule has 5 heteroatoms. The molecule has 2 bridgehead atoms. The number of likely N-dealkylation sites (tertiary alicyclic amines) is 1. The lowest BCUT2D eigenvalue weighted by molar-refractivity contribution is -0.169. The largest absolute Gasteiger partial charge is 0.461 e. The van der Waals surface area contributed by atoms with E-state index in [1.54, 1.807) is 0 Å². The average Bonchev–Trinajstić information content (AvgIpc) is 3.14. The van der Waals surface area contributed by atoms with E-state index in [-0.39, 0.29) is 35.7 Å². The molecule has 2 aromatic carbocycles. The first-order valence-electron chi connectivity index (χ1n) is 14.5. The molecule has 1 saturated heterocycles. The Balaban J connectivity index is 1.36. The van der Waals surface area contributed by atoms with E-state index >= 15 is 0 Å². The predicted molar refractivity (Wildman–Crippen MR) is 145 cm³/mol. The lowest BCUT2D eigenvalue weighted by Gasteiger charge is -2.45. The fourth-order valence-electron chi connectivity index (χ4n) is 8.12. The minimum Gasteiger partial charge on any atom is -0.461 e. The number of rotatable bonds is 5. The van der Waals surface area contributed by atoms with Crippen LogP contribution in [-0.4, -0.2) is 34.8 Å². The quantitative estimate of drug-likeness (QED) is 0.368. The third kappa shape index (κ3) is 3.68. The van der Waals surface area contributed by atoms with Gasteiger partial charge < -0.3 is 4.74 Å². The summed E-state index contributed by atoms with van der Waals surface area (Å²) in [6.45, 7) is 10.4. The Morgan fingerprint density at radius 1 is 0.816 bits per heavy atom. The Hall–Kier alpha value is -2.95. The first-order valence-corrected chi connectivity index (χ1v) is 14.5. The second-order valence-corrected chi connectivity index (χ2v) is 12.8. The molecule has 0 N–H and O–H groups in total. The van der Waals surface area contributed by atoms with Crippen molar-refractivity contribution in [3.63, 3.8) is 0 Å². The summed E-state index contributed by atoms with van der Waals surface area (Å²) >= 11 is 0. The van der Waals surface area contributed by atoms with E-state index in [9.17, 15) is 14.4 Å². The Kier molecular flexibility index (Phi) is 6.24. The molecule has 200 valence electrons. The smallest absolute Gasteiger partial charge is 0.329 e. The lowest BCUT2D eigenvalue weighted by Crippen LogP contribution is -2.51. The molecule has 4 aliphatic carbocycles. The molecular weight excluding hydrogens is 474 g/mol. The van der Waals surface area contributed by atoms with Crippen LogP contribution in [0.5, 0.6) is 0 Å². The molecule has 1 heterocycles. The Morgan fingerprint density at radius 2 is 1.29 bits per heavy atom. The maximum Gasteiger partial charge on any atom is 0.329 e. The number of carbonyl (C=O) groups is 3. The van der Waals surface area contributed by atoms with E-state index in [0.717, 1.165) is 41.5 Å². The molecule has 0 unspecified atom stereocenters. The Morgan fingerprint density at radius 3 is 1.71 bits per heavy atom. The van der Waals surface area contributed by atoms with Gasteiger partial charge in [-0.1, -0.05) is 89.6 Å². The first kappa shape index (κ1) is 25.3. The highest BCUT2D eigenvalue weighted by Gasteiger charge is 2.63. The van der Waals surface area contributed by atoms with Gasteiger partial charge in [-0.15, -0.1) is 0 Å². The van der Waals surface area contributed by atoms with Crippen molar-refractivity contribution in [2.75, 3.05) is 0 Å². The van der Waals surface area contributed by atoms with Crippen LogP contribution in [-0.2, 0) is 19.1 Å². The molecule has 0 radical (unpaired) electrons. The standard InChI is InChI=1S/C33H39NO4/c1-17(2)20-15-14-19(5)16-25(20)38-33(37)30(18(3)4)34-31(35)28-26-21-10-6-7-11-22(21)27(29(28)32(34)36)24-13-9-8-12-23(24)26/h6-13,17-20,25-30H,14-16H2,1-5H3/t19-,20-,25+,26?,27?,28-,29+,30-/m0/s1. The topological polar surface area (TPSA) is 63.7 Å². The minimum atomic E-state index is -0.906. The molecule has 38 heavy (non-hydrogen) atoms. The SMILES string of the molecule is CC(C)[C@@H](C(=O)O[C@@H]1C[C@@H](C)CC[C@H]1C(C)C)N1C(=O)[C@@H]2C3c4ccccc4C(c4ccccc43)[C@@H]2C1=O. The van der Waals surface area contributed by atoms with Gasteiger partial charge in [-0.3, -0.25) is 14.5 Å². The summed E-state index contributed by atoms with van der Waals surface area (Å²) in [5.74, 6) is -1.21. The number of hydrogen-bond donors (Lipinski definition) is 0. The van der Waals surface area contributed by atoms with Crippen molar-refractivity contribution in [1.82, 2.24) is 4.90 Å². The van der Waals surface area contributed by atoms with Crippen LogP contribution in [0.2, 0.25) is 0 Å². The molecule has 2 fully saturated rings. The number of ether oxygens (including phenoxy) is 1. The van der Waals surface area contributed by atoms with E-state index in [0.29, 0.717) is 17.8 Å². The van der Waals surface area contributed by atoms with E-state index in [1.165, 1.54) is 4.90 Å². The normalized spacial score (nSPS) is 32.3. The van der Waals surface area contributed by atoms with Gasteiger partial charge in [0.1, 0.15) is 12.1 Å². The first-order chi connectivity index (χ1) is 18.2. The zero-order chi connectivity index (χ0) is 26.9. The van der Waals surface area contributed by atoms with Gasteiger partial charge in [-0.2, -0.15) is 0 Å². The lowest BCUT2D eigenvalue weighted by atomic mass is 9.55. The number of benzene rings is 2. The molecule has 7 rings (SSSR count). The van der Waals surface area contributed by atoms with Gasteiger partial charge in [0.25, 0.3) is 0 Å². The highest BCUT2D eigenvalue weighted by Crippen LogP contribution is 2.61. The van der Waals surface area contributed by atoms with Crippen molar-refractivity contribution in [3.8, 4) is 0 Å². The van der Waals surface area contributed by atoms with Gasteiger partial charge >= 0.3 is 5.97 Å². The third-order valence-corrected chi connectivity index (χ3v) is 9.86. The van der Waals surface area contributed by atoms with Gasteiger partial charge in [-0.05, 0) is 58.8 Å². The predicted octanol–water partition coefficient (Wildman–Crippen LogP) is 5.91.